The van der Waals surface area contributed by atoms with Crippen LogP contribution in [0.5, 0.6) is 0 Å². The van der Waals surface area contributed by atoms with E-state index in [1.165, 1.54) is 0 Å². The first-order valence-electron chi connectivity index (χ1n) is 1.11. The summed E-state index contributed by atoms with van der Waals surface area (Å²) in [6.07, 6.45) is 0.722. The first kappa shape index (κ1) is 15.8. The van der Waals surface area contributed by atoms with Crippen molar-refractivity contribution in [1.29, 1.82) is 0 Å². The molecule has 0 spiro atoms. The van der Waals surface area contributed by atoms with Crippen LogP contribution in [0.25, 0.3) is 0 Å². The minimum absolute atomic E-state index is 0. The topological polar surface area (TPSA) is 70.1 Å². The zero-order valence-corrected chi connectivity index (χ0v) is 6.72. The number of hydrogen-bond donors (Lipinski definition) is 0. The summed E-state index contributed by atoms with van der Waals surface area (Å²) in [6, 6.07) is 0. The minimum atomic E-state index is -1.23. The van der Waals surface area contributed by atoms with Gasteiger partial charge in [0.15, 0.2) is 0 Å². The fraction of sp³-hybridized carbons (Fsp3) is 0. The molecule has 4 heteroatoms. The van der Waals surface area contributed by atoms with Gasteiger partial charge >= 0.3 is 19.5 Å². The number of hydrogen-bond acceptors (Lipinski definition) is 3. The van der Waals surface area contributed by atoms with Crippen molar-refractivity contribution in [3.8, 4) is 0 Å². The maximum atomic E-state index is 9.14. The average Bonchev–Trinajstić information content (AvgIpc) is 1.38. The number of carboxylic acids is 1. The fourth-order valence-corrected chi connectivity index (χ4v) is 0. The van der Waals surface area contributed by atoms with Crippen molar-refractivity contribution in [1.82, 2.24) is 0 Å². The van der Waals surface area contributed by atoms with Crippen LogP contribution in [0.1, 0.15) is 0 Å². The van der Waals surface area contributed by atoms with Crippen LogP contribution in [0.3, 0.4) is 0 Å². The molecule has 0 unspecified atom stereocenters. The van der Waals surface area contributed by atoms with Crippen molar-refractivity contribution in [2.24, 2.45) is 0 Å². The second kappa shape index (κ2) is 9.25. The van der Waals surface area contributed by atoms with Gasteiger partial charge in [0.05, 0.1) is 5.97 Å². The van der Waals surface area contributed by atoms with Gasteiger partial charge in [0.1, 0.15) is 0 Å². The molecule has 0 fully saturated rings. The van der Waals surface area contributed by atoms with Crippen LogP contribution in [0.4, 0.5) is 0 Å². The molecule has 36 valence electrons. The summed E-state index contributed by atoms with van der Waals surface area (Å²) in [4.78, 5) is 9.14. The van der Waals surface area contributed by atoms with E-state index in [-0.39, 0.29) is 25.0 Å². The zero-order valence-electron chi connectivity index (χ0n) is 3.76. The van der Waals surface area contributed by atoms with E-state index in [0.717, 1.165) is 6.08 Å². The van der Waals surface area contributed by atoms with Crippen molar-refractivity contribution in [3.63, 3.8) is 0 Å². The molecule has 0 bridgehead atoms. The van der Waals surface area contributed by atoms with Crippen LogP contribution in [-0.4, -0.2) is 11.4 Å². The standard InChI is InChI=1S/C3H4O2.H2O.Zn/c1-2-3(4)5;;/h2H,1H2,(H,4,5);1H2;/q;;+2/p-2. The summed E-state index contributed by atoms with van der Waals surface area (Å²) in [5.74, 6) is -1.23. The van der Waals surface area contributed by atoms with E-state index in [1.54, 1.807) is 0 Å². The third kappa shape index (κ3) is 25.9. The van der Waals surface area contributed by atoms with Crippen LogP contribution in [0, 0.1) is 0 Å². The van der Waals surface area contributed by atoms with Gasteiger partial charge in [-0.3, -0.25) is 0 Å². The first-order chi connectivity index (χ1) is 2.27. The summed E-state index contributed by atoms with van der Waals surface area (Å²) in [5, 5.41) is 9.14. The van der Waals surface area contributed by atoms with Gasteiger partial charge < -0.3 is 15.4 Å². The molecule has 0 rings (SSSR count). The van der Waals surface area contributed by atoms with E-state index >= 15 is 0 Å². The average molecular weight is 153 g/mol. The van der Waals surface area contributed by atoms with Crippen LogP contribution in [0.2, 0.25) is 0 Å². The molecule has 0 saturated carbocycles. The molecule has 0 aliphatic rings. The molecule has 0 amide bonds. The van der Waals surface area contributed by atoms with Crippen LogP contribution >= 0.6 is 0 Å². The maximum Gasteiger partial charge on any atom is 2.00 e. The Morgan fingerprint density at radius 1 is 1.71 bits per heavy atom. The van der Waals surface area contributed by atoms with E-state index in [4.69, 9.17) is 9.90 Å². The number of rotatable bonds is 1. The van der Waals surface area contributed by atoms with Gasteiger partial charge in [0.25, 0.3) is 0 Å². The summed E-state index contributed by atoms with van der Waals surface area (Å²) in [5.41, 5.74) is 0. The van der Waals surface area contributed by atoms with Crippen molar-refractivity contribution in [3.05, 3.63) is 12.7 Å². The molecule has 0 aliphatic carbocycles. The van der Waals surface area contributed by atoms with E-state index in [9.17, 15) is 0 Å². The molecule has 0 aromatic carbocycles. The van der Waals surface area contributed by atoms with Crippen LogP contribution in [-0.2, 0) is 24.3 Å². The number of carboxylic acid groups (broad SMARTS) is 1. The summed E-state index contributed by atoms with van der Waals surface area (Å²) in [6.45, 7) is 2.90. The molecule has 1 N–H and O–H groups in total. The first-order valence-corrected chi connectivity index (χ1v) is 1.11. The van der Waals surface area contributed by atoms with Gasteiger partial charge in [0, 0.05) is 0 Å². The molecule has 3 nitrogen and oxygen atoms in total. The van der Waals surface area contributed by atoms with Crippen molar-refractivity contribution in [2.45, 2.75) is 0 Å². The number of carbonyl (C=O) groups excluding carboxylic acids is 1. The Hall–Kier alpha value is -0.207. The largest absolute Gasteiger partial charge is 2.00 e. The van der Waals surface area contributed by atoms with Gasteiger partial charge in [-0.25, -0.2) is 0 Å². The molecule has 0 radical (unpaired) electrons. The van der Waals surface area contributed by atoms with Crippen molar-refractivity contribution < 1.29 is 34.9 Å². The molecule has 0 aromatic rings. The third-order valence-corrected chi connectivity index (χ3v) is 0.167. The molecule has 0 saturated heterocycles. The van der Waals surface area contributed by atoms with Crippen LogP contribution in [0.15, 0.2) is 12.7 Å². The third-order valence-electron chi connectivity index (χ3n) is 0.167. The summed E-state index contributed by atoms with van der Waals surface area (Å²) >= 11 is 0. The predicted octanol–water partition coefficient (Wildman–Crippen LogP) is -1.26. The van der Waals surface area contributed by atoms with Gasteiger partial charge in [-0.2, -0.15) is 0 Å². The molecule has 0 aliphatic heterocycles. The fourth-order valence-electron chi connectivity index (χ4n) is 0. The molecule has 0 aromatic heterocycles. The van der Waals surface area contributed by atoms with Gasteiger partial charge in [0.2, 0.25) is 0 Å². The smallest absolute Gasteiger partial charge is 0.870 e. The molecule has 0 atom stereocenters. The Labute approximate surface area is 54.1 Å². The Bertz CT molecular complexity index is 61.2. The number of aliphatic carboxylic acids is 1. The van der Waals surface area contributed by atoms with E-state index < -0.39 is 5.97 Å². The Kier molecular flexibility index (Phi) is 20.9. The molecular formula is C3H4O3Zn. The van der Waals surface area contributed by atoms with Gasteiger partial charge in [-0.15, -0.1) is 0 Å². The number of carbonyl (C=O) groups is 1. The molecular weight excluding hydrogens is 149 g/mol. The van der Waals surface area contributed by atoms with E-state index in [1.807, 2.05) is 0 Å². The quantitative estimate of drug-likeness (QED) is 0.349. The summed E-state index contributed by atoms with van der Waals surface area (Å²) in [7, 11) is 0. The molecule has 7 heavy (non-hydrogen) atoms. The van der Waals surface area contributed by atoms with Crippen molar-refractivity contribution in [2.75, 3.05) is 0 Å². The predicted molar refractivity (Wildman–Crippen MR) is 17.1 cm³/mol. The monoisotopic (exact) mass is 152 g/mol. The second-order valence-corrected chi connectivity index (χ2v) is 0.523. The van der Waals surface area contributed by atoms with Gasteiger partial charge in [-0.05, 0) is 6.08 Å². The summed E-state index contributed by atoms with van der Waals surface area (Å²) < 4.78 is 0. The van der Waals surface area contributed by atoms with Crippen molar-refractivity contribution >= 4 is 5.97 Å². The zero-order chi connectivity index (χ0) is 4.28. The minimum Gasteiger partial charge on any atom is -0.870 e. The second-order valence-electron chi connectivity index (χ2n) is 0.523. The Balaban J connectivity index is -0.0000000800. The van der Waals surface area contributed by atoms with Crippen LogP contribution < -0.4 is 5.11 Å². The Morgan fingerprint density at radius 2 is 1.86 bits per heavy atom. The maximum absolute atomic E-state index is 9.14. The van der Waals surface area contributed by atoms with Gasteiger partial charge in [-0.1, -0.05) is 6.58 Å². The van der Waals surface area contributed by atoms with E-state index in [0.29, 0.717) is 0 Å². The Morgan fingerprint density at radius 3 is 1.86 bits per heavy atom. The van der Waals surface area contributed by atoms with E-state index in [2.05, 4.69) is 6.58 Å². The SMILES string of the molecule is C=CC(=O)[O-].[OH-].[Zn+2]. The molecule has 0 heterocycles. The normalized spacial score (nSPS) is 4.57.